The van der Waals surface area contributed by atoms with Gasteiger partial charge in [-0.05, 0) is 53.6 Å². The topological polar surface area (TPSA) is 42.2 Å². The van der Waals surface area contributed by atoms with Crippen molar-refractivity contribution in [3.8, 4) is 17.6 Å². The van der Waals surface area contributed by atoms with E-state index in [0.717, 1.165) is 30.1 Å². The fraction of sp³-hybridized carbons (Fsp3) is 0.0870. The lowest BCUT2D eigenvalue weighted by atomic mass is 10.0. The third-order valence-corrected chi connectivity index (χ3v) is 5.93. The normalized spacial score (nSPS) is 11.1. The van der Waals surface area contributed by atoms with E-state index in [4.69, 9.17) is 9.47 Å². The Morgan fingerprint density at radius 3 is 2.31 bits per heavy atom. The third kappa shape index (κ3) is 5.72. The largest absolute Gasteiger partial charge is 0.493 e. The summed E-state index contributed by atoms with van der Waals surface area (Å²) in [7, 11) is 1.60. The molecule has 0 aromatic heterocycles. The van der Waals surface area contributed by atoms with E-state index in [1.807, 2.05) is 66.7 Å². The summed E-state index contributed by atoms with van der Waals surface area (Å²) < 4.78 is 14.4. The second-order valence-corrected chi connectivity index (χ2v) is 8.80. The molecule has 0 amide bonds. The molecule has 29 heavy (non-hydrogen) atoms. The first kappa shape index (κ1) is 21.6. The number of hydrogen-bond donors (Lipinski definition) is 0. The van der Waals surface area contributed by atoms with Crippen LogP contribution in [0.5, 0.6) is 11.5 Å². The Labute approximate surface area is 195 Å². The number of ether oxygens (including phenoxy) is 2. The quantitative estimate of drug-likeness (QED) is 0.223. The molecule has 0 radical (unpaired) electrons. The molecule has 0 atom stereocenters. The number of benzene rings is 3. The Bertz CT molecular complexity index is 1090. The van der Waals surface area contributed by atoms with Crippen LogP contribution in [-0.4, -0.2) is 7.11 Å². The van der Waals surface area contributed by atoms with E-state index in [2.05, 4.69) is 53.9 Å². The summed E-state index contributed by atoms with van der Waals surface area (Å²) >= 11 is 10.4. The van der Waals surface area contributed by atoms with Gasteiger partial charge in [-0.2, -0.15) is 5.26 Å². The van der Waals surface area contributed by atoms with Crippen molar-refractivity contribution in [1.29, 1.82) is 5.26 Å². The molecular formula is C23H16Br3NO2. The summed E-state index contributed by atoms with van der Waals surface area (Å²) in [5.41, 5.74) is 3.32. The second-order valence-electron chi connectivity index (χ2n) is 6.11. The van der Waals surface area contributed by atoms with E-state index in [1.54, 1.807) is 7.11 Å². The molecule has 0 unspecified atom stereocenters. The van der Waals surface area contributed by atoms with Gasteiger partial charge in [0.15, 0.2) is 11.5 Å². The molecule has 0 spiro atoms. The summed E-state index contributed by atoms with van der Waals surface area (Å²) in [6.07, 6.45) is 1.83. The second kappa shape index (κ2) is 10.1. The molecule has 0 aliphatic carbocycles. The maximum Gasteiger partial charge on any atom is 0.161 e. The van der Waals surface area contributed by atoms with Gasteiger partial charge >= 0.3 is 0 Å². The van der Waals surface area contributed by atoms with Crippen molar-refractivity contribution in [2.24, 2.45) is 0 Å². The zero-order valence-corrected chi connectivity index (χ0v) is 20.2. The minimum atomic E-state index is 0.405. The first-order valence-corrected chi connectivity index (χ1v) is 11.0. The Hall–Kier alpha value is -2.07. The van der Waals surface area contributed by atoms with Crippen molar-refractivity contribution in [2.75, 3.05) is 7.11 Å². The average Bonchev–Trinajstić information content (AvgIpc) is 2.72. The van der Waals surface area contributed by atoms with Gasteiger partial charge in [0.1, 0.15) is 6.61 Å². The Morgan fingerprint density at radius 2 is 1.66 bits per heavy atom. The molecule has 0 heterocycles. The van der Waals surface area contributed by atoms with Crippen LogP contribution in [0.2, 0.25) is 0 Å². The van der Waals surface area contributed by atoms with Gasteiger partial charge in [0.2, 0.25) is 0 Å². The van der Waals surface area contributed by atoms with Gasteiger partial charge < -0.3 is 9.47 Å². The van der Waals surface area contributed by atoms with Crippen LogP contribution in [0.3, 0.4) is 0 Å². The van der Waals surface area contributed by atoms with Gasteiger partial charge in [0.05, 0.1) is 18.8 Å². The van der Waals surface area contributed by atoms with Crippen molar-refractivity contribution in [3.63, 3.8) is 0 Å². The molecule has 6 heteroatoms. The van der Waals surface area contributed by atoms with Crippen LogP contribution in [0, 0.1) is 11.3 Å². The minimum absolute atomic E-state index is 0.405. The maximum atomic E-state index is 9.55. The van der Waals surface area contributed by atoms with Gasteiger partial charge in [0.25, 0.3) is 0 Å². The van der Waals surface area contributed by atoms with Crippen molar-refractivity contribution in [2.45, 2.75) is 6.61 Å². The number of hydrogen-bond acceptors (Lipinski definition) is 3. The summed E-state index contributed by atoms with van der Waals surface area (Å²) in [6, 6.07) is 21.5. The molecule has 146 valence electrons. The van der Waals surface area contributed by atoms with Crippen LogP contribution >= 0.6 is 47.8 Å². The molecule has 3 rings (SSSR count). The standard InChI is InChI=1S/C23H16Br3NO2/c1-28-23-11-15(10-18(13-27)16-3-6-19(24)7-4-16)2-9-22(23)29-14-17-5-8-20(25)12-21(17)26/h2-12H,14H2,1H3/b18-10-. The van der Waals surface area contributed by atoms with Crippen LogP contribution in [-0.2, 0) is 6.61 Å². The molecule has 3 aromatic rings. The van der Waals surface area contributed by atoms with Gasteiger partial charge in [0, 0.05) is 19.0 Å². The lowest BCUT2D eigenvalue weighted by Crippen LogP contribution is -1.99. The third-order valence-electron chi connectivity index (χ3n) is 4.17. The molecule has 0 fully saturated rings. The summed E-state index contributed by atoms with van der Waals surface area (Å²) in [5.74, 6) is 1.25. The maximum absolute atomic E-state index is 9.55. The number of nitrogens with zero attached hydrogens (tertiary/aromatic N) is 1. The fourth-order valence-corrected chi connectivity index (χ4v) is 4.09. The van der Waals surface area contributed by atoms with Gasteiger partial charge in [-0.15, -0.1) is 0 Å². The van der Waals surface area contributed by atoms with Gasteiger partial charge in [-0.25, -0.2) is 0 Å². The molecule has 0 saturated carbocycles. The van der Waals surface area contributed by atoms with Crippen LogP contribution in [0.15, 0.2) is 74.1 Å². The number of halogens is 3. The highest BCUT2D eigenvalue weighted by Crippen LogP contribution is 2.31. The van der Waals surface area contributed by atoms with Crippen LogP contribution in [0.1, 0.15) is 16.7 Å². The first-order valence-electron chi connectivity index (χ1n) is 8.62. The number of rotatable bonds is 6. The zero-order valence-electron chi connectivity index (χ0n) is 15.5. The minimum Gasteiger partial charge on any atom is -0.493 e. The van der Waals surface area contributed by atoms with E-state index in [9.17, 15) is 5.26 Å². The van der Waals surface area contributed by atoms with Crippen molar-refractivity contribution < 1.29 is 9.47 Å². The number of allylic oxidation sites excluding steroid dienone is 1. The molecule has 3 aromatic carbocycles. The zero-order chi connectivity index (χ0) is 20.8. The number of nitriles is 1. The van der Waals surface area contributed by atoms with Crippen LogP contribution in [0.4, 0.5) is 0 Å². The molecule has 3 nitrogen and oxygen atoms in total. The van der Waals surface area contributed by atoms with E-state index >= 15 is 0 Å². The lowest BCUT2D eigenvalue weighted by molar-refractivity contribution is 0.284. The van der Waals surface area contributed by atoms with Gasteiger partial charge in [-0.1, -0.05) is 72.1 Å². The molecule has 0 bridgehead atoms. The highest BCUT2D eigenvalue weighted by molar-refractivity contribution is 9.11. The SMILES string of the molecule is COc1cc(/C=C(/C#N)c2ccc(Br)cc2)ccc1OCc1ccc(Br)cc1Br. The number of methoxy groups -OCH3 is 1. The molecule has 0 saturated heterocycles. The lowest BCUT2D eigenvalue weighted by Gasteiger charge is -2.12. The smallest absolute Gasteiger partial charge is 0.161 e. The molecule has 0 N–H and O–H groups in total. The van der Waals surface area contributed by atoms with Crippen molar-refractivity contribution >= 4 is 59.4 Å². The molecular weight excluding hydrogens is 562 g/mol. The van der Waals surface area contributed by atoms with Crippen LogP contribution < -0.4 is 9.47 Å². The predicted octanol–water partition coefficient (Wildman–Crippen LogP) is 7.63. The highest BCUT2D eigenvalue weighted by Gasteiger charge is 2.09. The molecule has 0 aliphatic heterocycles. The van der Waals surface area contributed by atoms with Crippen molar-refractivity contribution in [3.05, 3.63) is 90.8 Å². The van der Waals surface area contributed by atoms with Crippen LogP contribution in [0.25, 0.3) is 11.6 Å². The molecule has 0 aliphatic rings. The summed E-state index contributed by atoms with van der Waals surface area (Å²) in [5, 5.41) is 9.55. The van der Waals surface area contributed by atoms with Crippen molar-refractivity contribution in [1.82, 2.24) is 0 Å². The highest BCUT2D eigenvalue weighted by atomic mass is 79.9. The monoisotopic (exact) mass is 575 g/mol. The van der Waals surface area contributed by atoms with E-state index < -0.39 is 0 Å². The Balaban J connectivity index is 1.82. The van der Waals surface area contributed by atoms with E-state index in [1.165, 1.54) is 0 Å². The Morgan fingerprint density at radius 1 is 0.931 bits per heavy atom. The van der Waals surface area contributed by atoms with E-state index in [0.29, 0.717) is 23.7 Å². The van der Waals surface area contributed by atoms with Gasteiger partial charge in [-0.3, -0.25) is 0 Å². The predicted molar refractivity (Wildman–Crippen MR) is 127 cm³/mol. The Kier molecular flexibility index (Phi) is 7.54. The average molecular weight is 578 g/mol. The fourth-order valence-electron chi connectivity index (χ4n) is 2.66. The van der Waals surface area contributed by atoms with E-state index in [-0.39, 0.29) is 0 Å². The summed E-state index contributed by atoms with van der Waals surface area (Å²) in [4.78, 5) is 0. The first-order chi connectivity index (χ1) is 14.0. The summed E-state index contributed by atoms with van der Waals surface area (Å²) in [6.45, 7) is 0.405.